The van der Waals surface area contributed by atoms with E-state index in [1.54, 1.807) is 0 Å². The second-order valence-electron chi connectivity index (χ2n) is 8.91. The first kappa shape index (κ1) is 25.7. The van der Waals surface area contributed by atoms with Gasteiger partial charge in [0.15, 0.2) is 8.32 Å². The molecule has 1 saturated heterocycles. The summed E-state index contributed by atoms with van der Waals surface area (Å²) in [5.74, 6) is -3.85. The fraction of sp³-hybridized carbons (Fsp3) is 0.500. The summed E-state index contributed by atoms with van der Waals surface area (Å²) in [6.07, 6.45) is 0.197. The van der Waals surface area contributed by atoms with Gasteiger partial charge in [-0.15, -0.1) is 0 Å². The number of carboxylic acid groups (broad SMARTS) is 1. The van der Waals surface area contributed by atoms with Gasteiger partial charge in [-0.1, -0.05) is 32.5 Å². The van der Waals surface area contributed by atoms with Crippen LogP contribution < -0.4 is 0 Å². The first-order chi connectivity index (χ1) is 14.7. The Kier molecular flexibility index (Phi) is 7.63. The van der Waals surface area contributed by atoms with Gasteiger partial charge in [0.2, 0.25) is 11.0 Å². The summed E-state index contributed by atoms with van der Waals surface area (Å²) in [6, 6.07) is 4.13. The van der Waals surface area contributed by atoms with Crippen LogP contribution in [0, 0.1) is 10.1 Å². The third-order valence-electron chi connectivity index (χ3n) is 5.79. The van der Waals surface area contributed by atoms with Crippen LogP contribution in [0.2, 0.25) is 18.1 Å². The van der Waals surface area contributed by atoms with E-state index in [1.807, 2.05) is 13.1 Å². The summed E-state index contributed by atoms with van der Waals surface area (Å²) in [5, 5.41) is 18.3. The number of amides is 2. The van der Waals surface area contributed by atoms with Crippen molar-refractivity contribution in [3.8, 4) is 0 Å². The third-order valence-corrected chi connectivity index (χ3v) is 11.6. The molecule has 0 unspecified atom stereocenters. The molecule has 32 heavy (non-hydrogen) atoms. The molecule has 1 heterocycles. The van der Waals surface area contributed by atoms with Crippen LogP contribution in [0.3, 0.4) is 0 Å². The van der Waals surface area contributed by atoms with Gasteiger partial charge in [0.25, 0.3) is 5.69 Å². The topological polar surface area (TPSA) is 144 Å². The van der Waals surface area contributed by atoms with Crippen molar-refractivity contribution in [1.29, 1.82) is 0 Å². The Morgan fingerprint density at radius 2 is 1.78 bits per heavy atom. The van der Waals surface area contributed by atoms with Crippen molar-refractivity contribution in [2.45, 2.75) is 56.6 Å². The van der Waals surface area contributed by atoms with E-state index in [4.69, 9.17) is 9.53 Å². The van der Waals surface area contributed by atoms with E-state index in [-0.39, 0.29) is 29.3 Å². The maximum absolute atomic E-state index is 12.6. The number of carbonyl (C=O) groups is 4. The minimum Gasteiger partial charge on any atom is -0.474 e. The van der Waals surface area contributed by atoms with Gasteiger partial charge < -0.3 is 9.53 Å². The molecule has 1 aliphatic heterocycles. The van der Waals surface area contributed by atoms with Gasteiger partial charge in [0.1, 0.15) is 5.25 Å². The fourth-order valence-electron chi connectivity index (χ4n) is 2.84. The molecular weight excluding hydrogens is 456 g/mol. The number of nitro benzene ring substituents is 1. The van der Waals surface area contributed by atoms with Gasteiger partial charge in [0.05, 0.1) is 11.0 Å². The van der Waals surface area contributed by atoms with Crippen LogP contribution in [0.15, 0.2) is 24.3 Å². The molecule has 1 fully saturated rings. The number of carboxylic acids is 1. The fourth-order valence-corrected chi connectivity index (χ4v) is 5.03. The SMILES string of the molecule is CC(C)(C)[Si](C)(C)OCC[C@@H]1[C@H](SC(=O)c2ccc([N+](=O)[O-])cc2)C(=O)N1C(=O)C(=O)O. The summed E-state index contributed by atoms with van der Waals surface area (Å²) in [7, 11) is -2.10. The number of likely N-dealkylation sites (tertiary alicyclic amines) is 1. The van der Waals surface area contributed by atoms with Crippen molar-refractivity contribution in [3.63, 3.8) is 0 Å². The van der Waals surface area contributed by atoms with E-state index in [2.05, 4.69) is 20.8 Å². The molecule has 0 spiro atoms. The number of nitrogens with zero attached hydrogens (tertiary/aromatic N) is 2. The van der Waals surface area contributed by atoms with Gasteiger partial charge in [-0.25, -0.2) is 4.79 Å². The normalized spacial score (nSPS) is 18.8. The summed E-state index contributed by atoms with van der Waals surface area (Å²) in [6.45, 7) is 10.5. The Balaban J connectivity index is 2.13. The Morgan fingerprint density at radius 3 is 2.25 bits per heavy atom. The zero-order valence-corrected chi connectivity index (χ0v) is 20.3. The summed E-state index contributed by atoms with van der Waals surface area (Å²) in [5.41, 5.74) is -0.0159. The lowest BCUT2D eigenvalue weighted by molar-refractivity contribution is -0.384. The number of thioether (sulfide) groups is 1. The maximum atomic E-state index is 12.6. The zero-order chi connectivity index (χ0) is 24.4. The van der Waals surface area contributed by atoms with Gasteiger partial charge in [0, 0.05) is 24.3 Å². The van der Waals surface area contributed by atoms with Crippen LogP contribution in [0.25, 0.3) is 0 Å². The molecule has 0 bridgehead atoms. The lowest BCUT2D eigenvalue weighted by Crippen LogP contribution is -2.67. The molecule has 2 amide bonds. The van der Waals surface area contributed by atoms with Crippen molar-refractivity contribution in [2.24, 2.45) is 0 Å². The highest BCUT2D eigenvalue weighted by molar-refractivity contribution is 8.15. The largest absolute Gasteiger partial charge is 0.474 e. The number of carbonyl (C=O) groups excluding carboxylic acids is 3. The quantitative estimate of drug-likeness (QED) is 0.204. The van der Waals surface area contributed by atoms with Crippen molar-refractivity contribution in [1.82, 2.24) is 4.90 Å². The van der Waals surface area contributed by atoms with Gasteiger partial charge in [-0.2, -0.15) is 0 Å². The molecule has 1 N–H and O–H groups in total. The standard InChI is InChI=1S/C20H26N2O8SSi/c1-20(2,3)32(4,5)30-11-10-14-15(16(23)21(14)17(24)18(25)26)31-19(27)12-6-8-13(9-7-12)22(28)29/h6-9,14-15H,10-11H2,1-5H3,(H,25,26)/t14-,15+/m1/s1. The first-order valence-corrected chi connectivity index (χ1v) is 13.7. The number of rotatable bonds is 7. The summed E-state index contributed by atoms with van der Waals surface area (Å²) in [4.78, 5) is 59.0. The molecule has 1 aromatic rings. The Morgan fingerprint density at radius 1 is 1.22 bits per heavy atom. The zero-order valence-electron chi connectivity index (χ0n) is 18.5. The molecule has 0 aromatic heterocycles. The molecule has 10 nitrogen and oxygen atoms in total. The number of benzene rings is 1. The third kappa shape index (κ3) is 5.42. The number of aliphatic carboxylic acids is 1. The Bertz CT molecular complexity index is 942. The van der Waals surface area contributed by atoms with E-state index in [1.165, 1.54) is 24.3 Å². The molecule has 0 radical (unpaired) electrons. The lowest BCUT2D eigenvalue weighted by atomic mass is 9.98. The predicted molar refractivity (Wildman–Crippen MR) is 120 cm³/mol. The highest BCUT2D eigenvalue weighted by Gasteiger charge is 2.53. The molecule has 1 aromatic carbocycles. The van der Waals surface area contributed by atoms with E-state index >= 15 is 0 Å². The van der Waals surface area contributed by atoms with E-state index < -0.39 is 47.4 Å². The van der Waals surface area contributed by atoms with Gasteiger partial charge >= 0.3 is 11.9 Å². The molecule has 2 atom stereocenters. The molecule has 12 heteroatoms. The maximum Gasteiger partial charge on any atom is 0.395 e. The second-order valence-corrected chi connectivity index (χ2v) is 14.8. The number of non-ortho nitro benzene ring substituents is 1. The molecule has 0 saturated carbocycles. The summed E-state index contributed by atoms with van der Waals surface area (Å²) >= 11 is 0.677. The smallest absolute Gasteiger partial charge is 0.395 e. The molecule has 0 aliphatic carbocycles. The van der Waals surface area contributed by atoms with E-state index in [9.17, 15) is 29.3 Å². The van der Waals surface area contributed by atoms with Gasteiger partial charge in [-0.05, 0) is 36.7 Å². The Hall–Kier alpha value is -2.57. The van der Waals surface area contributed by atoms with Crippen LogP contribution in [0.1, 0.15) is 37.6 Å². The number of β-lactam (4-membered cyclic amide) rings is 1. The highest BCUT2D eigenvalue weighted by atomic mass is 32.2. The predicted octanol–water partition coefficient (Wildman–Crippen LogP) is 3.07. The lowest BCUT2D eigenvalue weighted by Gasteiger charge is -2.44. The first-order valence-electron chi connectivity index (χ1n) is 9.87. The summed E-state index contributed by atoms with van der Waals surface area (Å²) < 4.78 is 6.08. The monoisotopic (exact) mass is 482 g/mol. The van der Waals surface area contributed by atoms with Crippen molar-refractivity contribution in [3.05, 3.63) is 39.9 Å². The number of imide groups is 1. The number of nitro groups is 1. The van der Waals surface area contributed by atoms with Gasteiger partial charge in [-0.3, -0.25) is 29.4 Å². The highest BCUT2D eigenvalue weighted by Crippen LogP contribution is 2.38. The molecule has 174 valence electrons. The van der Waals surface area contributed by atoms with Crippen LogP contribution in [0.4, 0.5) is 5.69 Å². The van der Waals surface area contributed by atoms with Crippen LogP contribution in [0.5, 0.6) is 0 Å². The average molecular weight is 483 g/mol. The molecule has 1 aliphatic rings. The van der Waals surface area contributed by atoms with Crippen molar-refractivity contribution >= 4 is 48.7 Å². The molecular formula is C20H26N2O8SSi. The van der Waals surface area contributed by atoms with E-state index in [0.29, 0.717) is 16.7 Å². The number of hydrogen-bond donors (Lipinski definition) is 1. The number of hydrogen-bond acceptors (Lipinski definition) is 8. The van der Waals surface area contributed by atoms with Crippen molar-refractivity contribution < 1.29 is 33.6 Å². The average Bonchev–Trinajstić information content (AvgIpc) is 2.69. The van der Waals surface area contributed by atoms with Crippen LogP contribution in [-0.4, -0.2) is 64.0 Å². The second kappa shape index (κ2) is 9.51. The van der Waals surface area contributed by atoms with Crippen molar-refractivity contribution in [2.75, 3.05) is 6.61 Å². The Labute approximate surface area is 190 Å². The minimum atomic E-state index is -2.10. The van der Waals surface area contributed by atoms with Crippen LogP contribution >= 0.6 is 11.8 Å². The van der Waals surface area contributed by atoms with E-state index in [0.717, 1.165) is 0 Å². The van der Waals surface area contributed by atoms with Crippen LogP contribution in [-0.2, 0) is 18.8 Å². The minimum absolute atomic E-state index is 0.0565. The molecule has 2 rings (SSSR count).